The zero-order valence-corrected chi connectivity index (χ0v) is 16.8. The number of hydrogen-bond donors (Lipinski definition) is 2. The fourth-order valence-corrected chi connectivity index (χ4v) is 4.01. The number of nitrogens with zero attached hydrogens (tertiary/aromatic N) is 1. The largest absolute Gasteiger partial charge is 0.481 e. The first kappa shape index (κ1) is 20.6. The summed E-state index contributed by atoms with van der Waals surface area (Å²) < 4.78 is 18.9. The van der Waals surface area contributed by atoms with Crippen molar-refractivity contribution in [1.29, 1.82) is 0 Å². The Kier molecular flexibility index (Phi) is 5.98. The minimum absolute atomic E-state index is 0.146. The third-order valence-corrected chi connectivity index (χ3v) is 5.52. The summed E-state index contributed by atoms with van der Waals surface area (Å²) in [6.45, 7) is 0. The minimum atomic E-state index is -0.956. The van der Waals surface area contributed by atoms with Gasteiger partial charge in [-0.05, 0) is 61.2 Å². The number of aryl methyl sites for hydroxylation is 1. The quantitative estimate of drug-likeness (QED) is 0.208. The van der Waals surface area contributed by atoms with E-state index in [1.807, 2.05) is 36.4 Å². The standard InChI is InChI=1S/C25H22FNO4/c26-19-11-8-16(9-12-19)4-3-5-17(15-24(28)29)25(27-30)18-10-13-23-21(14-18)20-6-1-2-7-22(20)31-23/h1-2,6-14,17,30H,3-5,15H2,(H,28,29)/b27-25+. The van der Waals surface area contributed by atoms with Crippen LogP contribution in [0.2, 0.25) is 0 Å². The van der Waals surface area contributed by atoms with E-state index < -0.39 is 11.9 Å². The lowest BCUT2D eigenvalue weighted by atomic mass is 9.88. The van der Waals surface area contributed by atoms with Crippen LogP contribution >= 0.6 is 0 Å². The topological polar surface area (TPSA) is 83.0 Å². The van der Waals surface area contributed by atoms with E-state index in [-0.39, 0.29) is 12.2 Å². The van der Waals surface area contributed by atoms with Gasteiger partial charge in [-0.2, -0.15) is 0 Å². The second-order valence-electron chi connectivity index (χ2n) is 7.61. The summed E-state index contributed by atoms with van der Waals surface area (Å²) in [5, 5.41) is 24.5. The molecule has 0 aliphatic rings. The molecular weight excluding hydrogens is 397 g/mol. The van der Waals surface area contributed by atoms with Crippen molar-refractivity contribution >= 4 is 33.6 Å². The molecule has 2 N–H and O–H groups in total. The molecule has 5 nitrogen and oxygen atoms in total. The van der Waals surface area contributed by atoms with Crippen LogP contribution in [0.15, 0.2) is 76.3 Å². The third-order valence-electron chi connectivity index (χ3n) is 5.52. The van der Waals surface area contributed by atoms with Crippen LogP contribution in [0.1, 0.15) is 30.4 Å². The van der Waals surface area contributed by atoms with Gasteiger partial charge in [0.1, 0.15) is 17.0 Å². The predicted molar refractivity (Wildman–Crippen MR) is 117 cm³/mol. The molecule has 0 fully saturated rings. The van der Waals surface area contributed by atoms with Crippen LogP contribution in [0.3, 0.4) is 0 Å². The minimum Gasteiger partial charge on any atom is -0.481 e. The Morgan fingerprint density at radius 2 is 1.74 bits per heavy atom. The van der Waals surface area contributed by atoms with Gasteiger partial charge in [-0.1, -0.05) is 35.5 Å². The van der Waals surface area contributed by atoms with Crippen LogP contribution in [-0.4, -0.2) is 22.0 Å². The van der Waals surface area contributed by atoms with Crippen LogP contribution in [0.4, 0.5) is 4.39 Å². The number of rotatable bonds is 8. The second kappa shape index (κ2) is 9.00. The van der Waals surface area contributed by atoms with Gasteiger partial charge in [-0.3, -0.25) is 4.79 Å². The van der Waals surface area contributed by atoms with Crippen molar-refractivity contribution in [3.63, 3.8) is 0 Å². The fourth-order valence-electron chi connectivity index (χ4n) is 4.01. The van der Waals surface area contributed by atoms with E-state index in [2.05, 4.69) is 5.16 Å². The Morgan fingerprint density at radius 1 is 1.00 bits per heavy atom. The molecule has 0 amide bonds. The number of fused-ring (bicyclic) bond motifs is 3. The van der Waals surface area contributed by atoms with E-state index in [1.54, 1.807) is 18.2 Å². The highest BCUT2D eigenvalue weighted by Crippen LogP contribution is 2.31. The maximum absolute atomic E-state index is 13.1. The van der Waals surface area contributed by atoms with Gasteiger partial charge in [0.15, 0.2) is 0 Å². The van der Waals surface area contributed by atoms with Gasteiger partial charge in [-0.25, -0.2) is 4.39 Å². The SMILES string of the molecule is O=C(O)CC(CCCc1ccc(F)cc1)/C(=N\O)c1ccc2oc3ccccc3c2c1. The van der Waals surface area contributed by atoms with Gasteiger partial charge in [0.25, 0.3) is 0 Å². The zero-order valence-electron chi connectivity index (χ0n) is 16.8. The number of carboxylic acid groups (broad SMARTS) is 1. The van der Waals surface area contributed by atoms with Crippen molar-refractivity contribution in [1.82, 2.24) is 0 Å². The summed E-state index contributed by atoms with van der Waals surface area (Å²) in [4.78, 5) is 11.5. The number of carboxylic acids is 1. The van der Waals surface area contributed by atoms with E-state index in [0.29, 0.717) is 36.1 Å². The van der Waals surface area contributed by atoms with Gasteiger partial charge in [-0.15, -0.1) is 0 Å². The van der Waals surface area contributed by atoms with Gasteiger partial charge < -0.3 is 14.7 Å². The number of para-hydroxylation sites is 1. The van der Waals surface area contributed by atoms with Crippen molar-refractivity contribution in [2.75, 3.05) is 0 Å². The molecule has 4 aromatic rings. The predicted octanol–water partition coefficient (Wildman–Crippen LogP) is 6.02. The molecule has 0 bridgehead atoms. The molecular formula is C25H22FNO4. The van der Waals surface area contributed by atoms with Crippen LogP contribution in [0.25, 0.3) is 21.9 Å². The van der Waals surface area contributed by atoms with Gasteiger partial charge in [0.05, 0.1) is 12.1 Å². The Hall–Kier alpha value is -3.67. The Labute approximate surface area is 178 Å². The highest BCUT2D eigenvalue weighted by atomic mass is 19.1. The van der Waals surface area contributed by atoms with E-state index in [9.17, 15) is 19.5 Å². The molecule has 3 aromatic carbocycles. The first-order valence-corrected chi connectivity index (χ1v) is 10.1. The van der Waals surface area contributed by atoms with E-state index >= 15 is 0 Å². The van der Waals surface area contributed by atoms with Crippen LogP contribution in [0, 0.1) is 11.7 Å². The molecule has 1 atom stereocenters. The molecule has 1 heterocycles. The zero-order chi connectivity index (χ0) is 21.8. The number of benzene rings is 3. The number of aliphatic carboxylic acids is 1. The van der Waals surface area contributed by atoms with Crippen molar-refractivity contribution in [2.45, 2.75) is 25.7 Å². The van der Waals surface area contributed by atoms with Crippen molar-refractivity contribution in [3.8, 4) is 0 Å². The summed E-state index contributed by atoms with van der Waals surface area (Å²) in [6, 6.07) is 19.4. The maximum atomic E-state index is 13.1. The average Bonchev–Trinajstić information content (AvgIpc) is 3.13. The van der Waals surface area contributed by atoms with E-state index in [0.717, 1.165) is 21.9 Å². The molecule has 1 aromatic heterocycles. The summed E-state index contributed by atoms with van der Waals surface area (Å²) in [6.07, 6.45) is 1.74. The van der Waals surface area contributed by atoms with Gasteiger partial charge >= 0.3 is 5.97 Å². The lowest BCUT2D eigenvalue weighted by Crippen LogP contribution is -2.20. The van der Waals surface area contributed by atoms with Crippen LogP contribution in [0.5, 0.6) is 0 Å². The van der Waals surface area contributed by atoms with Crippen molar-refractivity contribution in [3.05, 3.63) is 83.7 Å². The smallest absolute Gasteiger partial charge is 0.304 e. The summed E-state index contributed by atoms with van der Waals surface area (Å²) in [5.41, 5.74) is 3.46. The summed E-state index contributed by atoms with van der Waals surface area (Å²) >= 11 is 0. The molecule has 0 radical (unpaired) electrons. The molecule has 1 unspecified atom stereocenters. The molecule has 31 heavy (non-hydrogen) atoms. The lowest BCUT2D eigenvalue weighted by molar-refractivity contribution is -0.137. The van der Waals surface area contributed by atoms with Crippen LogP contribution < -0.4 is 0 Å². The van der Waals surface area contributed by atoms with E-state index in [1.165, 1.54) is 12.1 Å². The first-order valence-electron chi connectivity index (χ1n) is 10.1. The number of halogens is 1. The third kappa shape index (κ3) is 4.58. The molecule has 0 saturated heterocycles. The van der Waals surface area contributed by atoms with Crippen molar-refractivity contribution in [2.24, 2.45) is 11.1 Å². The molecule has 6 heteroatoms. The normalized spacial score (nSPS) is 13.0. The first-order chi connectivity index (χ1) is 15.0. The van der Waals surface area contributed by atoms with Crippen molar-refractivity contribution < 1.29 is 23.9 Å². The monoisotopic (exact) mass is 419 g/mol. The number of oxime groups is 1. The lowest BCUT2D eigenvalue weighted by Gasteiger charge is -2.17. The highest BCUT2D eigenvalue weighted by Gasteiger charge is 2.22. The molecule has 0 spiro atoms. The Morgan fingerprint density at radius 3 is 2.48 bits per heavy atom. The maximum Gasteiger partial charge on any atom is 0.304 e. The summed E-state index contributed by atoms with van der Waals surface area (Å²) in [5.74, 6) is -1.70. The second-order valence-corrected chi connectivity index (χ2v) is 7.61. The fraction of sp³-hybridized carbons (Fsp3) is 0.200. The Bertz CT molecular complexity index is 1240. The number of hydrogen-bond acceptors (Lipinski definition) is 4. The molecule has 0 aliphatic carbocycles. The molecule has 158 valence electrons. The Balaban J connectivity index is 1.59. The number of furan rings is 1. The highest BCUT2D eigenvalue weighted by molar-refractivity contribution is 6.10. The molecule has 4 rings (SSSR count). The summed E-state index contributed by atoms with van der Waals surface area (Å²) in [7, 11) is 0. The molecule has 0 saturated carbocycles. The average molecular weight is 419 g/mol. The van der Waals surface area contributed by atoms with E-state index in [4.69, 9.17) is 4.42 Å². The van der Waals surface area contributed by atoms with Gasteiger partial charge in [0.2, 0.25) is 0 Å². The van der Waals surface area contributed by atoms with Gasteiger partial charge in [0, 0.05) is 22.3 Å². The van der Waals surface area contributed by atoms with Crippen LogP contribution in [-0.2, 0) is 11.2 Å². The number of carbonyl (C=O) groups is 1. The molecule has 0 aliphatic heterocycles.